The largest absolute Gasteiger partial charge is 0.0683 e. The molecule has 0 heteroatoms. The quantitative estimate of drug-likeness (QED) is 0.188. The summed E-state index contributed by atoms with van der Waals surface area (Å²) in [6.45, 7) is 16.0. The highest BCUT2D eigenvalue weighted by Crippen LogP contribution is 2.46. The summed E-state index contributed by atoms with van der Waals surface area (Å²) in [5, 5.41) is 10.3. The molecule has 7 aromatic rings. The first kappa shape index (κ1) is 32.1. The minimum absolute atomic E-state index is 1.27. The van der Waals surface area contributed by atoms with Gasteiger partial charge >= 0.3 is 0 Å². The van der Waals surface area contributed by atoms with E-state index in [2.05, 4.69) is 133 Å². The lowest BCUT2D eigenvalue weighted by molar-refractivity contribution is 1.50. The first-order valence-electron chi connectivity index (χ1n) is 15.8. The van der Waals surface area contributed by atoms with Gasteiger partial charge in [0, 0.05) is 0 Å². The lowest BCUT2D eigenvalue weighted by Crippen LogP contribution is -1.92. The van der Waals surface area contributed by atoms with E-state index in [1.165, 1.54) is 65.3 Å². The van der Waals surface area contributed by atoms with Crippen LogP contribution in [0.15, 0.2) is 133 Å². The predicted octanol–water partition coefficient (Wildman–Crippen LogP) is 13.7. The van der Waals surface area contributed by atoms with Crippen LogP contribution >= 0.6 is 0 Å². The van der Waals surface area contributed by atoms with Crippen molar-refractivity contribution in [1.82, 2.24) is 0 Å². The van der Waals surface area contributed by atoms with Crippen molar-refractivity contribution in [3.8, 4) is 22.3 Å². The van der Waals surface area contributed by atoms with Crippen molar-refractivity contribution in [3.05, 3.63) is 133 Å². The van der Waals surface area contributed by atoms with Crippen LogP contribution in [0.2, 0.25) is 0 Å². The third-order valence-corrected chi connectivity index (χ3v) is 7.05. The van der Waals surface area contributed by atoms with Crippen LogP contribution in [0.1, 0.15) is 55.4 Å². The lowest BCUT2D eigenvalue weighted by atomic mass is 9.84. The summed E-state index contributed by atoms with van der Waals surface area (Å²) in [6, 6.07) is 48.5. The fourth-order valence-corrected chi connectivity index (χ4v) is 5.60. The van der Waals surface area contributed by atoms with Gasteiger partial charge in [-0.05, 0) is 65.3 Å². The van der Waals surface area contributed by atoms with Crippen LogP contribution in [0.25, 0.3) is 65.3 Å². The monoisotopic (exact) mass is 550 g/mol. The number of rotatable bonds is 2. The van der Waals surface area contributed by atoms with Gasteiger partial charge in [-0.15, -0.1) is 0 Å². The highest BCUT2D eigenvalue weighted by molar-refractivity contribution is 6.25. The molecule has 0 bridgehead atoms. The summed E-state index contributed by atoms with van der Waals surface area (Å²) in [5.41, 5.74) is 5.20. The second-order valence-electron chi connectivity index (χ2n) is 8.89. The van der Waals surface area contributed by atoms with Gasteiger partial charge in [0.2, 0.25) is 0 Å². The van der Waals surface area contributed by atoms with Crippen LogP contribution in [-0.2, 0) is 0 Å². The van der Waals surface area contributed by atoms with Crippen molar-refractivity contribution in [2.24, 2.45) is 0 Å². The molecule has 0 unspecified atom stereocenters. The normalized spacial score (nSPS) is 9.90. The van der Waals surface area contributed by atoms with Gasteiger partial charge in [-0.2, -0.15) is 0 Å². The zero-order valence-corrected chi connectivity index (χ0v) is 26.7. The van der Waals surface area contributed by atoms with Gasteiger partial charge in [-0.25, -0.2) is 0 Å². The van der Waals surface area contributed by atoms with Crippen LogP contribution in [0.4, 0.5) is 0 Å². The minimum atomic E-state index is 1.27. The molecule has 7 rings (SSSR count). The van der Waals surface area contributed by atoms with Crippen LogP contribution in [0.3, 0.4) is 0 Å². The van der Waals surface area contributed by atoms with Crippen LogP contribution in [0.5, 0.6) is 0 Å². The van der Waals surface area contributed by atoms with Gasteiger partial charge in [0.05, 0.1) is 0 Å². The smallest absolute Gasteiger partial charge is 0.00201 e. The molecule has 0 aliphatic heterocycles. The molecule has 0 saturated carbocycles. The number of benzene rings is 7. The van der Waals surface area contributed by atoms with E-state index in [4.69, 9.17) is 0 Å². The van der Waals surface area contributed by atoms with Crippen molar-refractivity contribution in [2.75, 3.05) is 0 Å². The molecule has 0 amide bonds. The van der Waals surface area contributed by atoms with E-state index in [0.29, 0.717) is 0 Å². The molecular weight excluding hydrogens is 504 g/mol. The third kappa shape index (κ3) is 6.09. The van der Waals surface area contributed by atoms with Crippen molar-refractivity contribution in [2.45, 2.75) is 55.4 Å². The second kappa shape index (κ2) is 16.1. The van der Waals surface area contributed by atoms with E-state index in [1.54, 1.807) is 0 Å². The summed E-state index contributed by atoms with van der Waals surface area (Å²) in [7, 11) is 0. The molecule has 0 nitrogen and oxygen atoms in total. The summed E-state index contributed by atoms with van der Waals surface area (Å²) < 4.78 is 0. The van der Waals surface area contributed by atoms with Crippen LogP contribution in [-0.4, -0.2) is 0 Å². The lowest BCUT2D eigenvalue weighted by Gasteiger charge is -2.19. The minimum Gasteiger partial charge on any atom is -0.0683 e. The number of hydrogen-bond donors (Lipinski definition) is 0. The van der Waals surface area contributed by atoms with Gasteiger partial charge in [0.15, 0.2) is 0 Å². The summed E-state index contributed by atoms with van der Waals surface area (Å²) in [5.74, 6) is 0. The van der Waals surface area contributed by atoms with E-state index in [9.17, 15) is 0 Å². The average Bonchev–Trinajstić information content (AvgIpc) is 3.10. The molecule has 0 aromatic heterocycles. The molecule has 0 saturated heterocycles. The summed E-state index contributed by atoms with van der Waals surface area (Å²) >= 11 is 0. The molecule has 214 valence electrons. The number of fused-ring (bicyclic) bond motifs is 4. The van der Waals surface area contributed by atoms with E-state index < -0.39 is 0 Å². The first-order valence-corrected chi connectivity index (χ1v) is 15.8. The Labute approximate surface area is 253 Å². The maximum atomic E-state index is 2.29. The van der Waals surface area contributed by atoms with Crippen molar-refractivity contribution < 1.29 is 0 Å². The average molecular weight is 551 g/mol. The topological polar surface area (TPSA) is 0 Å². The molecule has 0 heterocycles. The zero-order valence-electron chi connectivity index (χ0n) is 26.7. The maximum Gasteiger partial charge on any atom is -0.00201 e. The highest BCUT2D eigenvalue weighted by Gasteiger charge is 2.18. The van der Waals surface area contributed by atoms with Crippen LogP contribution in [0, 0.1) is 0 Å². The molecule has 0 aliphatic carbocycles. The molecule has 0 fully saturated rings. The number of hydrogen-bond acceptors (Lipinski definition) is 0. The van der Waals surface area contributed by atoms with Gasteiger partial charge in [-0.3, -0.25) is 0 Å². The van der Waals surface area contributed by atoms with Crippen molar-refractivity contribution in [1.29, 1.82) is 0 Å². The van der Waals surface area contributed by atoms with Crippen molar-refractivity contribution >= 4 is 43.1 Å². The first-order chi connectivity index (χ1) is 20.9. The molecule has 7 aromatic carbocycles. The Morgan fingerprint density at radius 3 is 0.786 bits per heavy atom. The van der Waals surface area contributed by atoms with Gasteiger partial charge < -0.3 is 0 Å². The predicted molar refractivity (Wildman–Crippen MR) is 193 cm³/mol. The maximum absolute atomic E-state index is 2.29. The molecule has 0 radical (unpaired) electrons. The third-order valence-electron chi connectivity index (χ3n) is 7.05. The Balaban J connectivity index is 0.000000561. The standard InChI is InChI=1S/C34H22.4C2H6/c1-3-15-25-23(11-1)13-9-21-27(25)33-29-17-5-7-19-31(29)34(32-20-8-6-18-30(32)33)28-22-10-14-24-12-2-4-16-26(24)28;4*1-2/h1-22H;4*1-2H3. The van der Waals surface area contributed by atoms with Gasteiger partial charge in [0.1, 0.15) is 0 Å². The van der Waals surface area contributed by atoms with Crippen LogP contribution < -0.4 is 0 Å². The van der Waals surface area contributed by atoms with Crippen molar-refractivity contribution in [3.63, 3.8) is 0 Å². The Morgan fingerprint density at radius 1 is 0.238 bits per heavy atom. The highest BCUT2D eigenvalue weighted by atomic mass is 14.2. The van der Waals surface area contributed by atoms with E-state index in [1.807, 2.05) is 55.4 Å². The Morgan fingerprint density at radius 2 is 0.476 bits per heavy atom. The molecule has 0 N–H and O–H groups in total. The summed E-state index contributed by atoms with van der Waals surface area (Å²) in [6.07, 6.45) is 0. The molecule has 0 spiro atoms. The summed E-state index contributed by atoms with van der Waals surface area (Å²) in [4.78, 5) is 0. The fraction of sp³-hybridized carbons (Fsp3) is 0.190. The van der Waals surface area contributed by atoms with E-state index >= 15 is 0 Å². The SMILES string of the molecule is CC.CC.CC.CC.c1ccc2c(-c3c4ccccc4c(-c4cccc5ccccc45)c4ccccc34)cccc2c1. The molecule has 0 atom stereocenters. The Bertz CT molecular complexity index is 1650. The zero-order chi connectivity index (χ0) is 30.5. The fourth-order valence-electron chi connectivity index (χ4n) is 5.60. The second-order valence-corrected chi connectivity index (χ2v) is 8.89. The molecule has 42 heavy (non-hydrogen) atoms. The van der Waals surface area contributed by atoms with Gasteiger partial charge in [-0.1, -0.05) is 189 Å². The van der Waals surface area contributed by atoms with Gasteiger partial charge in [0.25, 0.3) is 0 Å². The van der Waals surface area contributed by atoms with E-state index in [0.717, 1.165) is 0 Å². The van der Waals surface area contributed by atoms with E-state index in [-0.39, 0.29) is 0 Å². The molecule has 0 aliphatic rings. The Hall–Kier alpha value is -4.42. The molecular formula is C42H46. The Kier molecular flexibility index (Phi) is 12.3.